The molecule has 7 nitrogen and oxygen atoms in total. The molecule has 0 aromatic heterocycles. The van der Waals surface area contributed by atoms with Crippen LogP contribution in [0.2, 0.25) is 0 Å². The first-order valence-electron chi connectivity index (χ1n) is 15.1. The lowest BCUT2D eigenvalue weighted by Gasteiger charge is -2.26. The minimum Gasteiger partial charge on any atom is -0.508 e. The summed E-state index contributed by atoms with van der Waals surface area (Å²) in [5.74, 6) is 0.00426. The van der Waals surface area contributed by atoms with Gasteiger partial charge < -0.3 is 26.2 Å². The normalized spacial score (nSPS) is 13.3. The number of carbonyl (C=O) groups is 1. The summed E-state index contributed by atoms with van der Waals surface area (Å²) in [6.07, 6.45) is -0.295. The number of nitrogens with zero attached hydrogens (tertiary/aromatic N) is 1. The Morgan fingerprint density at radius 1 is 0.837 bits per heavy atom. The lowest BCUT2D eigenvalue weighted by molar-refractivity contribution is 0.0826. The van der Waals surface area contributed by atoms with Crippen molar-refractivity contribution in [2.24, 2.45) is 0 Å². The van der Waals surface area contributed by atoms with Crippen molar-refractivity contribution in [2.75, 3.05) is 25.0 Å². The number of anilines is 2. The second-order valence-electron chi connectivity index (χ2n) is 10.9. The van der Waals surface area contributed by atoms with Gasteiger partial charge in [-0.3, -0.25) is 9.69 Å². The molecule has 7 heteroatoms. The number of phenolic OH excluding ortho intramolecular Hbond substituents is 1. The standard InChI is InChI=1S/C36H44N4O3/c1-4-40(5-2)25-30-18-21-32(23-34(30)41)38-31-19-16-29(17-20-31)36(43)39-33(22-27-12-8-6-9-13-27)35(42)24-37-26(3)28-14-10-7-11-15-28/h6-21,23,26,33,35,37-38,41-42H,4-5,22,24-25H2,1-3H3,(H,39,43)/t26-,33+,35-/m1/s1. The molecule has 43 heavy (non-hydrogen) atoms. The number of hydrogen-bond acceptors (Lipinski definition) is 6. The van der Waals surface area contributed by atoms with Crippen LogP contribution in [0, 0.1) is 0 Å². The highest BCUT2D eigenvalue weighted by Gasteiger charge is 2.23. The minimum absolute atomic E-state index is 0.0597. The van der Waals surface area contributed by atoms with Gasteiger partial charge in [0.1, 0.15) is 5.75 Å². The lowest BCUT2D eigenvalue weighted by Crippen LogP contribution is -2.49. The van der Waals surface area contributed by atoms with E-state index in [-0.39, 0.29) is 17.7 Å². The Kier molecular flexibility index (Phi) is 11.7. The van der Waals surface area contributed by atoms with E-state index < -0.39 is 12.1 Å². The van der Waals surface area contributed by atoms with Crippen molar-refractivity contribution < 1.29 is 15.0 Å². The molecular formula is C36H44N4O3. The molecule has 0 aliphatic carbocycles. The maximum atomic E-state index is 13.3. The average Bonchev–Trinajstić information content (AvgIpc) is 3.04. The Bertz CT molecular complexity index is 1410. The molecule has 0 aliphatic heterocycles. The molecule has 3 atom stereocenters. The van der Waals surface area contributed by atoms with E-state index >= 15 is 0 Å². The van der Waals surface area contributed by atoms with Gasteiger partial charge in [-0.05, 0) is 67.9 Å². The molecule has 0 heterocycles. The van der Waals surface area contributed by atoms with Gasteiger partial charge in [-0.2, -0.15) is 0 Å². The van der Waals surface area contributed by atoms with Crippen LogP contribution >= 0.6 is 0 Å². The predicted molar refractivity (Wildman–Crippen MR) is 175 cm³/mol. The summed E-state index contributed by atoms with van der Waals surface area (Å²) < 4.78 is 0. The van der Waals surface area contributed by atoms with E-state index in [9.17, 15) is 15.0 Å². The predicted octanol–water partition coefficient (Wildman–Crippen LogP) is 6.03. The van der Waals surface area contributed by atoms with E-state index in [4.69, 9.17) is 0 Å². The van der Waals surface area contributed by atoms with Crippen molar-refractivity contribution in [1.29, 1.82) is 0 Å². The van der Waals surface area contributed by atoms with Gasteiger partial charge in [0.15, 0.2) is 0 Å². The van der Waals surface area contributed by atoms with Gasteiger partial charge in [-0.15, -0.1) is 0 Å². The van der Waals surface area contributed by atoms with E-state index in [1.165, 1.54) is 0 Å². The van der Waals surface area contributed by atoms with Crippen LogP contribution in [0.5, 0.6) is 5.75 Å². The number of phenols is 1. The maximum Gasteiger partial charge on any atom is 0.251 e. The highest BCUT2D eigenvalue weighted by atomic mass is 16.3. The average molecular weight is 581 g/mol. The van der Waals surface area contributed by atoms with Crippen molar-refractivity contribution in [2.45, 2.75) is 51.9 Å². The molecule has 0 unspecified atom stereocenters. The number of carbonyl (C=O) groups excluding carboxylic acids is 1. The summed E-state index contributed by atoms with van der Waals surface area (Å²) in [4.78, 5) is 15.5. The van der Waals surface area contributed by atoms with E-state index in [0.29, 0.717) is 25.1 Å². The summed E-state index contributed by atoms with van der Waals surface area (Å²) in [6.45, 7) is 9.15. The summed E-state index contributed by atoms with van der Waals surface area (Å²) >= 11 is 0. The van der Waals surface area contributed by atoms with Gasteiger partial charge in [-0.25, -0.2) is 0 Å². The number of rotatable bonds is 15. The molecule has 0 fully saturated rings. The molecule has 0 radical (unpaired) electrons. The third-order valence-corrected chi connectivity index (χ3v) is 7.82. The number of hydrogen-bond donors (Lipinski definition) is 5. The Hall–Kier alpha value is -4.17. The van der Waals surface area contributed by atoms with Gasteiger partial charge in [0, 0.05) is 47.7 Å². The molecule has 0 spiro atoms. The van der Waals surface area contributed by atoms with Gasteiger partial charge in [0.25, 0.3) is 5.91 Å². The fourth-order valence-corrected chi connectivity index (χ4v) is 5.04. The highest BCUT2D eigenvalue weighted by Crippen LogP contribution is 2.26. The van der Waals surface area contributed by atoms with Gasteiger partial charge in [0.05, 0.1) is 12.1 Å². The molecule has 4 aromatic rings. The van der Waals surface area contributed by atoms with Crippen molar-refractivity contribution in [1.82, 2.24) is 15.5 Å². The maximum absolute atomic E-state index is 13.3. The first kappa shape index (κ1) is 31.8. The van der Waals surface area contributed by atoms with Crippen molar-refractivity contribution in [3.05, 3.63) is 125 Å². The molecule has 226 valence electrons. The topological polar surface area (TPSA) is 96.9 Å². The molecule has 5 N–H and O–H groups in total. The first-order chi connectivity index (χ1) is 20.9. The third kappa shape index (κ3) is 9.41. The molecule has 4 aromatic carbocycles. The molecule has 1 amide bonds. The quantitative estimate of drug-likeness (QED) is 0.118. The Morgan fingerprint density at radius 2 is 1.47 bits per heavy atom. The number of amides is 1. The lowest BCUT2D eigenvalue weighted by atomic mass is 10.00. The van der Waals surface area contributed by atoms with E-state index in [1.807, 2.05) is 72.8 Å². The fourth-order valence-electron chi connectivity index (χ4n) is 5.04. The number of aliphatic hydroxyl groups is 1. The second-order valence-corrected chi connectivity index (χ2v) is 10.9. The minimum atomic E-state index is -0.798. The molecule has 0 saturated heterocycles. The zero-order valence-corrected chi connectivity index (χ0v) is 25.3. The van der Waals surface area contributed by atoms with Crippen molar-refractivity contribution in [3.8, 4) is 5.75 Å². The Balaban J connectivity index is 1.39. The fraction of sp³-hybridized carbons (Fsp3) is 0.306. The molecule has 0 aliphatic rings. The number of aliphatic hydroxyl groups excluding tert-OH is 1. The van der Waals surface area contributed by atoms with E-state index in [0.717, 1.165) is 41.2 Å². The van der Waals surface area contributed by atoms with Crippen LogP contribution in [-0.4, -0.2) is 52.8 Å². The molecule has 0 bridgehead atoms. The number of nitrogens with one attached hydrogen (secondary N) is 3. The van der Waals surface area contributed by atoms with Crippen LogP contribution in [0.15, 0.2) is 103 Å². The summed E-state index contributed by atoms with van der Waals surface area (Å²) in [5, 5.41) is 31.5. The molecular weight excluding hydrogens is 536 g/mol. The van der Waals surface area contributed by atoms with E-state index in [1.54, 1.807) is 18.2 Å². The summed E-state index contributed by atoms with van der Waals surface area (Å²) in [6, 6.07) is 32.3. The third-order valence-electron chi connectivity index (χ3n) is 7.82. The van der Waals surface area contributed by atoms with Gasteiger partial charge in [0.2, 0.25) is 0 Å². The van der Waals surface area contributed by atoms with Crippen LogP contribution < -0.4 is 16.0 Å². The van der Waals surface area contributed by atoms with Crippen LogP contribution in [0.4, 0.5) is 11.4 Å². The zero-order valence-electron chi connectivity index (χ0n) is 25.3. The number of aromatic hydroxyl groups is 1. The number of benzene rings is 4. The van der Waals surface area contributed by atoms with Crippen LogP contribution in [-0.2, 0) is 13.0 Å². The second kappa shape index (κ2) is 15.9. The highest BCUT2D eigenvalue weighted by molar-refractivity contribution is 5.94. The van der Waals surface area contributed by atoms with Crippen molar-refractivity contribution in [3.63, 3.8) is 0 Å². The van der Waals surface area contributed by atoms with Crippen LogP contribution in [0.3, 0.4) is 0 Å². The summed E-state index contributed by atoms with van der Waals surface area (Å²) in [7, 11) is 0. The molecule has 0 saturated carbocycles. The molecule has 4 rings (SSSR count). The van der Waals surface area contributed by atoms with Crippen molar-refractivity contribution >= 4 is 17.3 Å². The van der Waals surface area contributed by atoms with Gasteiger partial charge in [-0.1, -0.05) is 80.6 Å². The zero-order chi connectivity index (χ0) is 30.6. The first-order valence-corrected chi connectivity index (χ1v) is 15.1. The monoisotopic (exact) mass is 580 g/mol. The Labute approximate surface area is 255 Å². The van der Waals surface area contributed by atoms with Gasteiger partial charge >= 0.3 is 0 Å². The smallest absolute Gasteiger partial charge is 0.251 e. The van der Waals surface area contributed by atoms with E-state index in [2.05, 4.69) is 53.8 Å². The van der Waals surface area contributed by atoms with Crippen LogP contribution in [0.25, 0.3) is 0 Å². The SMILES string of the molecule is CCN(CC)Cc1ccc(Nc2ccc(C(=O)N[C@@H](Cc3ccccc3)[C@H](O)CN[C@H](C)c3ccccc3)cc2)cc1O. The largest absolute Gasteiger partial charge is 0.508 e. The van der Waals surface area contributed by atoms with Crippen LogP contribution in [0.1, 0.15) is 53.9 Å². The summed E-state index contributed by atoms with van der Waals surface area (Å²) in [5.41, 5.74) is 5.12. The Morgan fingerprint density at radius 3 is 2.09 bits per heavy atom.